The number of hydrogen-bond donors (Lipinski definition) is 1. The standard InChI is InChI=1S/C13H11ClN2O2/c1-9-2-4-11(18-9)5-7-13(17)16-12-6-3-10(14)8-15-12/h2-8H,1H3,(H,15,16,17)/b7-5+. The highest BCUT2D eigenvalue weighted by atomic mass is 35.5. The number of nitrogens with one attached hydrogen (secondary N) is 1. The van der Waals surface area contributed by atoms with Crippen LogP contribution in [0.5, 0.6) is 0 Å². The second-order valence-electron chi connectivity index (χ2n) is 3.63. The first-order chi connectivity index (χ1) is 8.63. The first-order valence-corrected chi connectivity index (χ1v) is 5.68. The molecule has 0 aliphatic heterocycles. The first-order valence-electron chi connectivity index (χ1n) is 5.30. The fourth-order valence-corrected chi connectivity index (χ4v) is 1.43. The molecule has 0 saturated heterocycles. The van der Waals surface area contributed by atoms with Crippen LogP contribution < -0.4 is 5.32 Å². The van der Waals surface area contributed by atoms with Gasteiger partial charge in [-0.25, -0.2) is 4.98 Å². The highest BCUT2D eigenvalue weighted by molar-refractivity contribution is 6.30. The normalized spacial score (nSPS) is 10.8. The number of amides is 1. The Kier molecular flexibility index (Phi) is 3.79. The molecule has 2 aromatic heterocycles. The topological polar surface area (TPSA) is 55.1 Å². The van der Waals surface area contributed by atoms with Crippen LogP contribution in [0.25, 0.3) is 6.08 Å². The van der Waals surface area contributed by atoms with Gasteiger partial charge in [-0.15, -0.1) is 0 Å². The van der Waals surface area contributed by atoms with E-state index in [0.717, 1.165) is 5.76 Å². The van der Waals surface area contributed by atoms with E-state index in [0.29, 0.717) is 16.6 Å². The molecule has 0 aromatic carbocycles. The molecule has 0 atom stereocenters. The molecule has 0 aliphatic rings. The maximum Gasteiger partial charge on any atom is 0.249 e. The summed E-state index contributed by atoms with van der Waals surface area (Å²) in [6.07, 6.45) is 4.45. The molecule has 2 aromatic rings. The van der Waals surface area contributed by atoms with Crippen LogP contribution in [0.2, 0.25) is 5.02 Å². The molecule has 0 spiro atoms. The van der Waals surface area contributed by atoms with Gasteiger partial charge < -0.3 is 9.73 Å². The van der Waals surface area contributed by atoms with Crippen molar-refractivity contribution in [3.8, 4) is 0 Å². The average molecular weight is 263 g/mol. The van der Waals surface area contributed by atoms with Gasteiger partial charge in [0.2, 0.25) is 5.91 Å². The molecule has 0 saturated carbocycles. The van der Waals surface area contributed by atoms with E-state index in [1.54, 1.807) is 24.3 Å². The molecular formula is C13H11ClN2O2. The quantitative estimate of drug-likeness (QED) is 0.864. The Morgan fingerprint density at radius 2 is 2.22 bits per heavy atom. The van der Waals surface area contributed by atoms with Crippen LogP contribution in [0.4, 0.5) is 5.82 Å². The maximum absolute atomic E-state index is 11.6. The Hall–Kier alpha value is -2.07. The lowest BCUT2D eigenvalue weighted by molar-refractivity contribution is -0.111. The van der Waals surface area contributed by atoms with Gasteiger partial charge in [-0.2, -0.15) is 0 Å². The van der Waals surface area contributed by atoms with Crippen LogP contribution >= 0.6 is 11.6 Å². The monoisotopic (exact) mass is 262 g/mol. The third kappa shape index (κ3) is 3.46. The Bertz CT molecular complexity index is 573. The molecule has 0 fully saturated rings. The first kappa shape index (κ1) is 12.4. The molecule has 0 bridgehead atoms. The molecular weight excluding hydrogens is 252 g/mol. The van der Waals surface area contributed by atoms with Gasteiger partial charge in [0.15, 0.2) is 0 Å². The third-order valence-corrected chi connectivity index (χ3v) is 2.36. The lowest BCUT2D eigenvalue weighted by Gasteiger charge is -1.99. The van der Waals surface area contributed by atoms with E-state index in [9.17, 15) is 4.79 Å². The molecule has 18 heavy (non-hydrogen) atoms. The van der Waals surface area contributed by atoms with Crippen LogP contribution in [0.15, 0.2) is 41.0 Å². The van der Waals surface area contributed by atoms with Crippen molar-refractivity contribution in [1.82, 2.24) is 4.98 Å². The van der Waals surface area contributed by atoms with Crippen molar-refractivity contribution >= 4 is 29.4 Å². The van der Waals surface area contributed by atoms with Gasteiger partial charge in [0.25, 0.3) is 0 Å². The highest BCUT2D eigenvalue weighted by Crippen LogP contribution is 2.10. The van der Waals surface area contributed by atoms with Gasteiger partial charge >= 0.3 is 0 Å². The summed E-state index contributed by atoms with van der Waals surface area (Å²) >= 11 is 5.69. The number of aromatic nitrogens is 1. The van der Waals surface area contributed by atoms with Gasteiger partial charge in [-0.1, -0.05) is 11.6 Å². The molecule has 4 nitrogen and oxygen atoms in total. The number of hydrogen-bond acceptors (Lipinski definition) is 3. The van der Waals surface area contributed by atoms with Crippen molar-refractivity contribution in [2.45, 2.75) is 6.92 Å². The lowest BCUT2D eigenvalue weighted by atomic mass is 10.3. The van der Waals surface area contributed by atoms with Gasteiger partial charge in [-0.05, 0) is 37.3 Å². The van der Waals surface area contributed by atoms with E-state index in [4.69, 9.17) is 16.0 Å². The maximum atomic E-state index is 11.6. The van der Waals surface area contributed by atoms with Crippen LogP contribution in [0.3, 0.4) is 0 Å². The summed E-state index contributed by atoms with van der Waals surface area (Å²) in [4.78, 5) is 15.5. The Balaban J connectivity index is 1.96. The van der Waals surface area contributed by atoms with Gasteiger partial charge in [0, 0.05) is 12.3 Å². The number of rotatable bonds is 3. The third-order valence-electron chi connectivity index (χ3n) is 2.14. The highest BCUT2D eigenvalue weighted by Gasteiger charge is 2.00. The fraction of sp³-hybridized carbons (Fsp3) is 0.0769. The lowest BCUT2D eigenvalue weighted by Crippen LogP contribution is -2.08. The van der Waals surface area contributed by atoms with Crippen molar-refractivity contribution in [3.05, 3.63) is 53.1 Å². The van der Waals surface area contributed by atoms with Crippen LogP contribution in [-0.4, -0.2) is 10.9 Å². The van der Waals surface area contributed by atoms with Crippen molar-refractivity contribution in [1.29, 1.82) is 0 Å². The van der Waals surface area contributed by atoms with E-state index in [1.807, 2.05) is 13.0 Å². The van der Waals surface area contributed by atoms with Gasteiger partial charge in [0.05, 0.1) is 5.02 Å². The summed E-state index contributed by atoms with van der Waals surface area (Å²) < 4.78 is 5.30. The summed E-state index contributed by atoms with van der Waals surface area (Å²) in [5.74, 6) is 1.60. The van der Waals surface area contributed by atoms with E-state index in [-0.39, 0.29) is 5.91 Å². The molecule has 0 unspecified atom stereocenters. The van der Waals surface area contributed by atoms with Gasteiger partial charge in [0.1, 0.15) is 17.3 Å². The predicted octanol–water partition coefficient (Wildman–Crippen LogP) is 3.29. The molecule has 0 radical (unpaired) electrons. The second kappa shape index (κ2) is 5.51. The zero-order valence-corrected chi connectivity index (χ0v) is 10.4. The van der Waals surface area contributed by atoms with Gasteiger partial charge in [-0.3, -0.25) is 4.79 Å². The molecule has 0 aliphatic carbocycles. The van der Waals surface area contributed by atoms with Crippen molar-refractivity contribution < 1.29 is 9.21 Å². The number of carbonyl (C=O) groups excluding carboxylic acids is 1. The number of aryl methyl sites for hydroxylation is 1. The average Bonchev–Trinajstić information content (AvgIpc) is 2.76. The zero-order valence-electron chi connectivity index (χ0n) is 9.68. The summed E-state index contributed by atoms with van der Waals surface area (Å²) in [7, 11) is 0. The molecule has 1 amide bonds. The summed E-state index contributed by atoms with van der Waals surface area (Å²) in [5, 5.41) is 3.13. The number of pyridine rings is 1. The molecule has 1 N–H and O–H groups in total. The number of nitrogens with zero attached hydrogens (tertiary/aromatic N) is 1. The molecule has 92 valence electrons. The van der Waals surface area contributed by atoms with E-state index in [1.165, 1.54) is 12.3 Å². The van der Waals surface area contributed by atoms with E-state index >= 15 is 0 Å². The van der Waals surface area contributed by atoms with Crippen LogP contribution in [-0.2, 0) is 4.79 Å². The van der Waals surface area contributed by atoms with Crippen molar-refractivity contribution in [2.24, 2.45) is 0 Å². The number of halogens is 1. The molecule has 5 heteroatoms. The SMILES string of the molecule is Cc1ccc(/C=C/C(=O)Nc2ccc(Cl)cn2)o1. The van der Waals surface area contributed by atoms with E-state index in [2.05, 4.69) is 10.3 Å². The molecule has 2 rings (SSSR count). The number of anilines is 1. The fourth-order valence-electron chi connectivity index (χ4n) is 1.32. The van der Waals surface area contributed by atoms with Crippen LogP contribution in [0.1, 0.15) is 11.5 Å². The summed E-state index contributed by atoms with van der Waals surface area (Å²) in [6.45, 7) is 1.84. The van der Waals surface area contributed by atoms with Crippen molar-refractivity contribution in [2.75, 3.05) is 5.32 Å². The minimum atomic E-state index is -0.279. The number of carbonyl (C=O) groups is 1. The Morgan fingerprint density at radius 1 is 1.39 bits per heavy atom. The summed E-state index contributed by atoms with van der Waals surface area (Å²) in [6, 6.07) is 6.91. The largest absolute Gasteiger partial charge is 0.462 e. The Labute approximate surface area is 109 Å². The predicted molar refractivity (Wildman–Crippen MR) is 70.4 cm³/mol. The Morgan fingerprint density at radius 3 is 2.83 bits per heavy atom. The zero-order chi connectivity index (χ0) is 13.0. The van der Waals surface area contributed by atoms with E-state index < -0.39 is 0 Å². The number of furan rings is 1. The molecule has 2 heterocycles. The van der Waals surface area contributed by atoms with Crippen LogP contribution in [0, 0.1) is 6.92 Å². The smallest absolute Gasteiger partial charge is 0.249 e. The minimum absolute atomic E-state index is 0.279. The second-order valence-corrected chi connectivity index (χ2v) is 4.07. The summed E-state index contributed by atoms with van der Waals surface area (Å²) in [5.41, 5.74) is 0. The minimum Gasteiger partial charge on any atom is -0.462 e. The van der Waals surface area contributed by atoms with Crippen molar-refractivity contribution in [3.63, 3.8) is 0 Å².